The highest BCUT2D eigenvalue weighted by Crippen LogP contribution is 2.24. The van der Waals surface area contributed by atoms with Gasteiger partial charge in [-0.2, -0.15) is 0 Å². The summed E-state index contributed by atoms with van der Waals surface area (Å²) in [5, 5.41) is 5.06. The van der Waals surface area contributed by atoms with E-state index in [9.17, 15) is 9.59 Å². The lowest BCUT2D eigenvalue weighted by Crippen LogP contribution is -2.34. The van der Waals surface area contributed by atoms with Gasteiger partial charge in [0.15, 0.2) is 0 Å². The zero-order chi connectivity index (χ0) is 22.0. The molecule has 6 heteroatoms. The molecule has 0 aliphatic carbocycles. The van der Waals surface area contributed by atoms with E-state index in [2.05, 4.69) is 16.4 Å². The molecular formula is C25H26N2O4. The fourth-order valence-electron chi connectivity index (χ4n) is 4.06. The first-order valence-corrected chi connectivity index (χ1v) is 10.4. The molecule has 0 bridgehead atoms. The maximum absolute atomic E-state index is 12.5. The summed E-state index contributed by atoms with van der Waals surface area (Å²) in [4.78, 5) is 28.3. The SMILES string of the molecule is COc1ccc2c(C)c(CCC(=O)N[C@H](C)Cc3c[nH]c4ccccc34)c(=O)oc2c1. The van der Waals surface area contributed by atoms with Gasteiger partial charge in [0.05, 0.1) is 7.11 Å². The number of carbonyl (C=O) groups excluding carboxylic acids is 1. The van der Waals surface area contributed by atoms with Gasteiger partial charge in [0.2, 0.25) is 5.91 Å². The molecule has 0 aliphatic rings. The molecule has 0 aliphatic heterocycles. The van der Waals surface area contributed by atoms with Crippen molar-refractivity contribution in [3.05, 3.63) is 75.8 Å². The van der Waals surface area contributed by atoms with E-state index >= 15 is 0 Å². The van der Waals surface area contributed by atoms with Crippen LogP contribution >= 0.6 is 0 Å². The average molecular weight is 418 g/mol. The van der Waals surface area contributed by atoms with Gasteiger partial charge in [0, 0.05) is 46.6 Å². The Labute approximate surface area is 180 Å². The van der Waals surface area contributed by atoms with Gasteiger partial charge in [-0.1, -0.05) is 18.2 Å². The normalized spacial score (nSPS) is 12.2. The number of hydrogen-bond donors (Lipinski definition) is 2. The highest BCUT2D eigenvalue weighted by Gasteiger charge is 2.15. The fourth-order valence-corrected chi connectivity index (χ4v) is 4.06. The molecule has 2 N–H and O–H groups in total. The van der Waals surface area contributed by atoms with Gasteiger partial charge >= 0.3 is 5.63 Å². The number of benzene rings is 2. The number of hydrogen-bond acceptors (Lipinski definition) is 4. The van der Waals surface area contributed by atoms with Crippen LogP contribution in [0.2, 0.25) is 0 Å². The summed E-state index contributed by atoms with van der Waals surface area (Å²) in [6.07, 6.45) is 3.29. The number of aromatic amines is 1. The second kappa shape index (κ2) is 8.68. The van der Waals surface area contributed by atoms with Crippen molar-refractivity contribution in [1.29, 1.82) is 0 Å². The van der Waals surface area contributed by atoms with Crippen LogP contribution < -0.4 is 15.7 Å². The maximum atomic E-state index is 12.5. The Morgan fingerprint density at radius 2 is 2.00 bits per heavy atom. The molecule has 2 heterocycles. The number of nitrogens with one attached hydrogen (secondary N) is 2. The van der Waals surface area contributed by atoms with Gasteiger partial charge in [-0.05, 0) is 56.0 Å². The van der Waals surface area contributed by atoms with Crippen molar-refractivity contribution in [3.63, 3.8) is 0 Å². The van der Waals surface area contributed by atoms with Crippen molar-refractivity contribution in [2.24, 2.45) is 0 Å². The summed E-state index contributed by atoms with van der Waals surface area (Å²) in [5.41, 5.74) is 3.72. The molecule has 0 radical (unpaired) electrons. The van der Waals surface area contributed by atoms with E-state index in [0.717, 1.165) is 22.9 Å². The van der Waals surface area contributed by atoms with Crippen LogP contribution in [0, 0.1) is 6.92 Å². The van der Waals surface area contributed by atoms with Gasteiger partial charge in [-0.3, -0.25) is 4.79 Å². The third-order valence-electron chi connectivity index (χ3n) is 5.70. The second-order valence-corrected chi connectivity index (χ2v) is 7.89. The molecule has 0 saturated carbocycles. The molecular weight excluding hydrogens is 392 g/mol. The van der Waals surface area contributed by atoms with Crippen LogP contribution in [0.3, 0.4) is 0 Å². The Kier molecular flexibility index (Phi) is 5.80. The topological polar surface area (TPSA) is 84.3 Å². The number of H-pyrrole nitrogens is 1. The molecule has 1 atom stereocenters. The van der Waals surface area contributed by atoms with Crippen molar-refractivity contribution in [2.75, 3.05) is 7.11 Å². The molecule has 160 valence electrons. The third-order valence-corrected chi connectivity index (χ3v) is 5.70. The summed E-state index contributed by atoms with van der Waals surface area (Å²) < 4.78 is 10.7. The van der Waals surface area contributed by atoms with E-state index in [-0.39, 0.29) is 18.4 Å². The Balaban J connectivity index is 1.41. The van der Waals surface area contributed by atoms with Crippen LogP contribution in [-0.2, 0) is 17.6 Å². The fraction of sp³-hybridized carbons (Fsp3) is 0.280. The number of aryl methyl sites for hydroxylation is 1. The van der Waals surface area contributed by atoms with Gasteiger partial charge in [0.1, 0.15) is 11.3 Å². The Morgan fingerprint density at radius 3 is 2.81 bits per heavy atom. The number of ether oxygens (including phenoxy) is 1. The number of aromatic nitrogens is 1. The maximum Gasteiger partial charge on any atom is 0.339 e. The number of amides is 1. The minimum absolute atomic E-state index is 0.0201. The second-order valence-electron chi connectivity index (χ2n) is 7.89. The lowest BCUT2D eigenvalue weighted by atomic mass is 10.0. The summed E-state index contributed by atoms with van der Waals surface area (Å²) in [5.74, 6) is 0.548. The summed E-state index contributed by atoms with van der Waals surface area (Å²) in [6, 6.07) is 13.5. The average Bonchev–Trinajstić information content (AvgIpc) is 3.15. The lowest BCUT2D eigenvalue weighted by Gasteiger charge is -2.14. The lowest BCUT2D eigenvalue weighted by molar-refractivity contribution is -0.121. The summed E-state index contributed by atoms with van der Waals surface area (Å²) >= 11 is 0. The Morgan fingerprint density at radius 1 is 1.19 bits per heavy atom. The van der Waals surface area contributed by atoms with Crippen molar-refractivity contribution >= 4 is 27.8 Å². The number of fused-ring (bicyclic) bond motifs is 2. The van der Waals surface area contributed by atoms with Crippen molar-refractivity contribution < 1.29 is 13.9 Å². The quantitative estimate of drug-likeness (QED) is 0.439. The zero-order valence-corrected chi connectivity index (χ0v) is 18.0. The molecule has 2 aromatic heterocycles. The number of methoxy groups -OCH3 is 1. The zero-order valence-electron chi connectivity index (χ0n) is 18.0. The molecule has 4 aromatic rings. The van der Waals surface area contributed by atoms with Crippen LogP contribution in [0.5, 0.6) is 5.75 Å². The highest BCUT2D eigenvalue weighted by molar-refractivity contribution is 5.84. The van der Waals surface area contributed by atoms with Crippen LogP contribution in [0.15, 0.2) is 57.9 Å². The smallest absolute Gasteiger partial charge is 0.339 e. The molecule has 6 nitrogen and oxygen atoms in total. The van der Waals surface area contributed by atoms with Crippen molar-refractivity contribution in [3.8, 4) is 5.75 Å². The molecule has 0 spiro atoms. The number of carbonyl (C=O) groups is 1. The number of para-hydroxylation sites is 1. The minimum Gasteiger partial charge on any atom is -0.497 e. The van der Waals surface area contributed by atoms with Crippen molar-refractivity contribution in [1.82, 2.24) is 10.3 Å². The first kappa shape index (κ1) is 20.7. The summed E-state index contributed by atoms with van der Waals surface area (Å²) in [6.45, 7) is 3.88. The van der Waals surface area contributed by atoms with E-state index in [1.807, 2.05) is 50.4 Å². The van der Waals surface area contributed by atoms with Crippen LogP contribution in [0.1, 0.15) is 30.0 Å². The third kappa shape index (κ3) is 4.33. The molecule has 0 saturated heterocycles. The Hall–Kier alpha value is -3.54. The molecule has 1 amide bonds. The first-order valence-electron chi connectivity index (χ1n) is 10.4. The van der Waals surface area contributed by atoms with Crippen LogP contribution in [0.25, 0.3) is 21.9 Å². The molecule has 0 fully saturated rings. The Bertz CT molecular complexity index is 1300. The first-order chi connectivity index (χ1) is 15.0. The van der Waals surface area contributed by atoms with Gasteiger partial charge in [-0.25, -0.2) is 4.79 Å². The van der Waals surface area contributed by atoms with Crippen LogP contribution in [0.4, 0.5) is 0 Å². The minimum atomic E-state index is -0.405. The largest absolute Gasteiger partial charge is 0.497 e. The molecule has 31 heavy (non-hydrogen) atoms. The highest BCUT2D eigenvalue weighted by atomic mass is 16.5. The predicted octanol–water partition coefficient (Wildman–Crippen LogP) is 4.27. The predicted molar refractivity (Wildman–Crippen MR) is 122 cm³/mol. The van der Waals surface area contributed by atoms with Gasteiger partial charge < -0.3 is 19.5 Å². The monoisotopic (exact) mass is 418 g/mol. The molecule has 4 rings (SSSR count). The van der Waals surface area contributed by atoms with E-state index in [1.165, 1.54) is 10.9 Å². The van der Waals surface area contributed by atoms with Gasteiger partial charge in [0.25, 0.3) is 0 Å². The van der Waals surface area contributed by atoms with Gasteiger partial charge in [-0.15, -0.1) is 0 Å². The van der Waals surface area contributed by atoms with E-state index in [1.54, 1.807) is 13.2 Å². The summed E-state index contributed by atoms with van der Waals surface area (Å²) in [7, 11) is 1.57. The molecule has 0 unspecified atom stereocenters. The van der Waals surface area contributed by atoms with Crippen LogP contribution in [-0.4, -0.2) is 24.0 Å². The van der Waals surface area contributed by atoms with Crippen molar-refractivity contribution in [2.45, 2.75) is 39.2 Å². The van der Waals surface area contributed by atoms with E-state index in [4.69, 9.17) is 9.15 Å². The molecule has 2 aromatic carbocycles. The van der Waals surface area contributed by atoms with E-state index in [0.29, 0.717) is 23.3 Å². The standard InChI is InChI=1S/C25H26N2O4/c1-15(12-17-14-26-22-7-5-4-6-21(17)22)27-24(28)11-10-20-16(2)19-9-8-18(30-3)13-23(19)31-25(20)29/h4-9,13-15,26H,10-12H2,1-3H3,(H,27,28)/t15-/m1/s1. The number of rotatable bonds is 7. The van der Waals surface area contributed by atoms with E-state index < -0.39 is 5.63 Å².